The highest BCUT2D eigenvalue weighted by molar-refractivity contribution is 7.84. The summed E-state index contributed by atoms with van der Waals surface area (Å²) >= 11 is 11.9. The van der Waals surface area contributed by atoms with E-state index in [0.717, 1.165) is 0 Å². The molecule has 0 saturated heterocycles. The highest BCUT2D eigenvalue weighted by Gasteiger charge is 2.11. The minimum absolute atomic E-state index is 0.0292. The van der Waals surface area contributed by atoms with E-state index in [1.54, 1.807) is 18.2 Å². The van der Waals surface area contributed by atoms with Crippen LogP contribution in [0.5, 0.6) is 0 Å². The second-order valence-electron chi connectivity index (χ2n) is 3.89. The lowest BCUT2D eigenvalue weighted by atomic mass is 10.2. The largest absolute Gasteiger partial charge is 0.396 e. The number of rotatable bonds is 3. The first kappa shape index (κ1) is 14.3. The molecule has 1 unspecified atom stereocenters. The van der Waals surface area contributed by atoms with Crippen molar-refractivity contribution in [3.8, 4) is 0 Å². The molecule has 0 saturated carbocycles. The maximum Gasteiger partial charge on any atom is 0.147 e. The topological polar surface area (TPSA) is 43.1 Å². The van der Waals surface area contributed by atoms with Crippen LogP contribution >= 0.6 is 23.2 Å². The second-order valence-corrected chi connectivity index (χ2v) is 6.12. The number of benzene rings is 2. The summed E-state index contributed by atoms with van der Waals surface area (Å²) in [7, 11) is -1.41. The SMILES string of the molecule is Nc1ccc(S(=O)Cc2cccc(Cl)c2Cl)cc1F. The monoisotopic (exact) mass is 317 g/mol. The van der Waals surface area contributed by atoms with Gasteiger partial charge in [-0.1, -0.05) is 35.3 Å². The maximum atomic E-state index is 13.3. The lowest BCUT2D eigenvalue weighted by Gasteiger charge is -2.07. The molecule has 1 atom stereocenters. The summed E-state index contributed by atoms with van der Waals surface area (Å²) in [6.07, 6.45) is 0. The van der Waals surface area contributed by atoms with Crippen molar-refractivity contribution in [2.45, 2.75) is 10.6 Å². The molecule has 0 fully saturated rings. The Morgan fingerprint density at radius 1 is 1.21 bits per heavy atom. The number of hydrogen-bond donors (Lipinski definition) is 1. The van der Waals surface area contributed by atoms with Gasteiger partial charge in [-0.2, -0.15) is 0 Å². The smallest absolute Gasteiger partial charge is 0.147 e. The minimum atomic E-state index is -1.41. The Hall–Kier alpha value is -1.10. The average Bonchev–Trinajstić information content (AvgIpc) is 2.38. The first-order valence-electron chi connectivity index (χ1n) is 5.35. The Labute approximate surface area is 122 Å². The molecule has 0 heterocycles. The van der Waals surface area contributed by atoms with E-state index in [0.29, 0.717) is 20.5 Å². The van der Waals surface area contributed by atoms with Gasteiger partial charge in [0.05, 0.1) is 32.3 Å². The van der Waals surface area contributed by atoms with Gasteiger partial charge in [0.15, 0.2) is 0 Å². The molecule has 100 valence electrons. The van der Waals surface area contributed by atoms with Gasteiger partial charge >= 0.3 is 0 Å². The van der Waals surface area contributed by atoms with Crippen molar-refractivity contribution in [2.24, 2.45) is 0 Å². The lowest BCUT2D eigenvalue weighted by molar-refractivity contribution is 0.627. The van der Waals surface area contributed by atoms with Gasteiger partial charge in [0, 0.05) is 4.90 Å². The standard InChI is InChI=1S/C13H10Cl2FNOS/c14-10-3-1-2-8(13(10)15)7-19(18)9-4-5-12(17)11(16)6-9/h1-6H,7,17H2. The molecule has 0 aliphatic carbocycles. The summed E-state index contributed by atoms with van der Waals surface area (Å²) in [6.45, 7) is 0. The van der Waals surface area contributed by atoms with E-state index in [1.165, 1.54) is 18.2 Å². The molecule has 0 bridgehead atoms. The van der Waals surface area contributed by atoms with Crippen LogP contribution in [-0.4, -0.2) is 4.21 Å². The third kappa shape index (κ3) is 3.26. The van der Waals surface area contributed by atoms with Crippen molar-refractivity contribution in [2.75, 3.05) is 5.73 Å². The molecule has 2 N–H and O–H groups in total. The molecular weight excluding hydrogens is 308 g/mol. The maximum absolute atomic E-state index is 13.3. The number of nitrogen functional groups attached to an aromatic ring is 1. The van der Waals surface area contributed by atoms with Crippen LogP contribution in [0.2, 0.25) is 10.0 Å². The normalized spacial score (nSPS) is 12.4. The summed E-state index contributed by atoms with van der Waals surface area (Å²) in [5.41, 5.74) is 6.06. The van der Waals surface area contributed by atoms with Gasteiger partial charge in [0.1, 0.15) is 5.82 Å². The Balaban J connectivity index is 2.26. The fourth-order valence-corrected chi connectivity index (χ4v) is 3.14. The van der Waals surface area contributed by atoms with E-state index in [1.807, 2.05) is 0 Å². The zero-order valence-corrected chi connectivity index (χ0v) is 12.0. The van der Waals surface area contributed by atoms with Crippen LogP contribution in [0.3, 0.4) is 0 Å². The fraction of sp³-hybridized carbons (Fsp3) is 0.0769. The van der Waals surface area contributed by atoms with Crippen molar-refractivity contribution in [1.82, 2.24) is 0 Å². The zero-order chi connectivity index (χ0) is 14.0. The Kier molecular flexibility index (Phi) is 4.45. The molecule has 6 heteroatoms. The van der Waals surface area contributed by atoms with Gasteiger partial charge in [-0.25, -0.2) is 4.39 Å². The van der Waals surface area contributed by atoms with E-state index in [-0.39, 0.29) is 11.4 Å². The molecule has 0 aromatic heterocycles. The van der Waals surface area contributed by atoms with Gasteiger partial charge in [0.2, 0.25) is 0 Å². The molecule has 2 rings (SSSR count). The number of hydrogen-bond acceptors (Lipinski definition) is 2. The van der Waals surface area contributed by atoms with Gasteiger partial charge < -0.3 is 5.73 Å². The van der Waals surface area contributed by atoms with Gasteiger partial charge in [0.25, 0.3) is 0 Å². The second kappa shape index (κ2) is 5.90. The Bertz CT molecular complexity index is 649. The van der Waals surface area contributed by atoms with Gasteiger partial charge in [-0.15, -0.1) is 0 Å². The fourth-order valence-electron chi connectivity index (χ4n) is 1.53. The van der Waals surface area contributed by atoms with Crippen LogP contribution < -0.4 is 5.73 Å². The van der Waals surface area contributed by atoms with Crippen LogP contribution in [0.4, 0.5) is 10.1 Å². The molecule has 0 radical (unpaired) electrons. The van der Waals surface area contributed by atoms with E-state index in [4.69, 9.17) is 28.9 Å². The molecule has 2 aromatic rings. The van der Waals surface area contributed by atoms with E-state index in [2.05, 4.69) is 0 Å². The van der Waals surface area contributed by atoms with Gasteiger partial charge in [-0.3, -0.25) is 4.21 Å². The quantitative estimate of drug-likeness (QED) is 0.869. The van der Waals surface area contributed by atoms with Gasteiger partial charge in [-0.05, 0) is 29.8 Å². The van der Waals surface area contributed by atoms with E-state index in [9.17, 15) is 8.60 Å². The lowest BCUT2D eigenvalue weighted by Crippen LogP contribution is -1.99. The van der Waals surface area contributed by atoms with Crippen LogP contribution in [-0.2, 0) is 16.6 Å². The number of anilines is 1. The first-order valence-corrected chi connectivity index (χ1v) is 7.43. The van der Waals surface area contributed by atoms with Crippen molar-refractivity contribution in [3.63, 3.8) is 0 Å². The minimum Gasteiger partial charge on any atom is -0.396 e. The molecule has 2 nitrogen and oxygen atoms in total. The molecule has 0 spiro atoms. The summed E-state index contributed by atoms with van der Waals surface area (Å²) in [5, 5.41) is 0.771. The van der Waals surface area contributed by atoms with Crippen LogP contribution in [0, 0.1) is 5.82 Å². The highest BCUT2D eigenvalue weighted by Crippen LogP contribution is 2.27. The molecule has 0 aliphatic heterocycles. The molecule has 0 amide bonds. The average molecular weight is 318 g/mol. The molecule has 19 heavy (non-hydrogen) atoms. The van der Waals surface area contributed by atoms with Crippen molar-refractivity contribution < 1.29 is 8.60 Å². The molecular formula is C13H10Cl2FNOS. The van der Waals surface area contributed by atoms with Crippen molar-refractivity contribution >= 4 is 39.7 Å². The summed E-state index contributed by atoms with van der Waals surface area (Å²) < 4.78 is 25.5. The molecule has 2 aromatic carbocycles. The van der Waals surface area contributed by atoms with E-state index >= 15 is 0 Å². The summed E-state index contributed by atoms with van der Waals surface area (Å²) in [6, 6.07) is 9.21. The van der Waals surface area contributed by atoms with Crippen LogP contribution in [0.1, 0.15) is 5.56 Å². The Morgan fingerprint density at radius 2 is 1.95 bits per heavy atom. The van der Waals surface area contributed by atoms with Crippen molar-refractivity contribution in [1.29, 1.82) is 0 Å². The first-order chi connectivity index (χ1) is 8.99. The predicted octanol–water partition coefficient (Wildman–Crippen LogP) is 4.02. The third-order valence-electron chi connectivity index (χ3n) is 2.55. The van der Waals surface area contributed by atoms with Crippen LogP contribution in [0.15, 0.2) is 41.3 Å². The molecule has 0 aliphatic rings. The summed E-state index contributed by atoms with van der Waals surface area (Å²) in [4.78, 5) is 0.364. The zero-order valence-electron chi connectivity index (χ0n) is 9.70. The van der Waals surface area contributed by atoms with Crippen LogP contribution in [0.25, 0.3) is 0 Å². The van der Waals surface area contributed by atoms with E-state index < -0.39 is 16.6 Å². The number of nitrogens with two attached hydrogens (primary N) is 1. The third-order valence-corrected chi connectivity index (χ3v) is 4.76. The Morgan fingerprint density at radius 3 is 2.63 bits per heavy atom. The highest BCUT2D eigenvalue weighted by atomic mass is 35.5. The number of halogens is 3. The van der Waals surface area contributed by atoms with Crippen molar-refractivity contribution in [3.05, 3.63) is 57.8 Å². The summed E-state index contributed by atoms with van der Waals surface area (Å²) in [5.74, 6) is -0.411. The predicted molar refractivity (Wildman–Crippen MR) is 77.4 cm³/mol.